The number of rotatable bonds is 5. The molecule has 0 bridgehead atoms. The third kappa shape index (κ3) is 3.17. The number of carbonyl (C=O) groups excluding carboxylic acids is 1. The first-order chi connectivity index (χ1) is 10.0. The highest BCUT2D eigenvalue weighted by Gasteiger charge is 2.18. The molecule has 0 amide bonds. The predicted octanol–water partition coefficient (Wildman–Crippen LogP) is 3.52. The van der Waals surface area contributed by atoms with Crippen LogP contribution in [0, 0.1) is 17.0 Å². The Kier molecular flexibility index (Phi) is 4.18. The predicted molar refractivity (Wildman–Crippen MR) is 76.3 cm³/mol. The Hall–Kier alpha value is -2.89. The maximum Gasteiger partial charge on any atom is 0.311 e. The van der Waals surface area contributed by atoms with E-state index >= 15 is 0 Å². The molecule has 0 aromatic heterocycles. The highest BCUT2D eigenvalue weighted by atomic mass is 16.6. The van der Waals surface area contributed by atoms with Crippen LogP contribution in [0.4, 0.5) is 5.69 Å². The topological polar surface area (TPSA) is 78.7 Å². The van der Waals surface area contributed by atoms with E-state index in [2.05, 4.69) is 0 Å². The van der Waals surface area contributed by atoms with Gasteiger partial charge in [-0.25, -0.2) is 0 Å². The van der Waals surface area contributed by atoms with E-state index in [9.17, 15) is 14.9 Å². The summed E-state index contributed by atoms with van der Waals surface area (Å²) in [6, 6.07) is 9.18. The van der Waals surface area contributed by atoms with Gasteiger partial charge in [0.05, 0.1) is 17.6 Å². The Morgan fingerprint density at radius 3 is 2.52 bits per heavy atom. The molecule has 108 valence electrons. The third-order valence-electron chi connectivity index (χ3n) is 2.88. The Balaban J connectivity index is 2.47. The Morgan fingerprint density at radius 1 is 1.14 bits per heavy atom. The molecule has 0 saturated carbocycles. The lowest BCUT2D eigenvalue weighted by Gasteiger charge is -2.10. The molecule has 0 N–H and O–H groups in total. The molecule has 0 atom stereocenters. The van der Waals surface area contributed by atoms with Crippen LogP contribution in [0.15, 0.2) is 36.4 Å². The normalized spacial score (nSPS) is 10.0. The van der Waals surface area contributed by atoms with Gasteiger partial charge in [0.1, 0.15) is 11.5 Å². The summed E-state index contributed by atoms with van der Waals surface area (Å²) in [4.78, 5) is 21.6. The second-order valence-electron chi connectivity index (χ2n) is 4.35. The summed E-state index contributed by atoms with van der Waals surface area (Å²) in [7, 11) is 1.45. The van der Waals surface area contributed by atoms with Crippen LogP contribution in [0.1, 0.15) is 15.9 Å². The van der Waals surface area contributed by atoms with E-state index in [0.717, 1.165) is 5.56 Å². The summed E-state index contributed by atoms with van der Waals surface area (Å²) in [6.07, 6.45) is 0.647. The molecule has 0 aliphatic rings. The second kappa shape index (κ2) is 6.04. The van der Waals surface area contributed by atoms with E-state index in [4.69, 9.17) is 9.47 Å². The standard InChI is InChI=1S/C15H13NO5/c1-10-3-6-14(11(7-10)9-17)21-15-8-12(20-2)4-5-13(15)16(18)19/h3-9H,1-2H3. The molecule has 2 aromatic rings. The van der Waals surface area contributed by atoms with Crippen molar-refractivity contribution >= 4 is 12.0 Å². The van der Waals surface area contributed by atoms with E-state index in [1.54, 1.807) is 18.2 Å². The number of carbonyl (C=O) groups is 1. The van der Waals surface area contributed by atoms with Crippen molar-refractivity contribution in [1.82, 2.24) is 0 Å². The van der Waals surface area contributed by atoms with Gasteiger partial charge in [-0.05, 0) is 25.1 Å². The summed E-state index contributed by atoms with van der Waals surface area (Å²) in [5.41, 5.74) is 1.02. The van der Waals surface area contributed by atoms with Crippen LogP contribution in [0.3, 0.4) is 0 Å². The van der Waals surface area contributed by atoms with Gasteiger partial charge in [0, 0.05) is 12.1 Å². The number of methoxy groups -OCH3 is 1. The average molecular weight is 287 g/mol. The van der Waals surface area contributed by atoms with Crippen molar-refractivity contribution in [2.24, 2.45) is 0 Å². The van der Waals surface area contributed by atoms with Crippen LogP contribution in [0.25, 0.3) is 0 Å². The second-order valence-corrected chi connectivity index (χ2v) is 4.35. The SMILES string of the molecule is COc1ccc([N+](=O)[O-])c(Oc2ccc(C)cc2C=O)c1. The molecule has 6 heteroatoms. The molecule has 21 heavy (non-hydrogen) atoms. The first-order valence-corrected chi connectivity index (χ1v) is 6.11. The van der Waals surface area contributed by atoms with Crippen LogP contribution in [-0.4, -0.2) is 18.3 Å². The van der Waals surface area contributed by atoms with E-state index in [0.29, 0.717) is 17.6 Å². The molecule has 0 radical (unpaired) electrons. The molecule has 2 aromatic carbocycles. The minimum absolute atomic E-state index is 0.0197. The van der Waals surface area contributed by atoms with Crippen molar-refractivity contribution in [2.75, 3.05) is 7.11 Å². The minimum atomic E-state index is -0.552. The Labute approximate surface area is 121 Å². The van der Waals surface area contributed by atoms with Crippen LogP contribution < -0.4 is 9.47 Å². The van der Waals surface area contributed by atoms with Crippen molar-refractivity contribution in [3.8, 4) is 17.2 Å². The quantitative estimate of drug-likeness (QED) is 0.477. The van der Waals surface area contributed by atoms with Gasteiger partial charge in [0.2, 0.25) is 5.75 Å². The summed E-state index contributed by atoms with van der Waals surface area (Å²) < 4.78 is 10.6. The van der Waals surface area contributed by atoms with Gasteiger partial charge in [0.15, 0.2) is 6.29 Å². The highest BCUT2D eigenvalue weighted by Crippen LogP contribution is 2.35. The van der Waals surface area contributed by atoms with Crippen LogP contribution in [-0.2, 0) is 0 Å². The van der Waals surface area contributed by atoms with Crippen LogP contribution in [0.2, 0.25) is 0 Å². The van der Waals surface area contributed by atoms with Gasteiger partial charge < -0.3 is 9.47 Å². The maximum absolute atomic E-state index is 11.1. The first-order valence-electron chi connectivity index (χ1n) is 6.11. The number of ether oxygens (including phenoxy) is 2. The third-order valence-corrected chi connectivity index (χ3v) is 2.88. The number of aldehydes is 1. The van der Waals surface area contributed by atoms with Gasteiger partial charge in [-0.15, -0.1) is 0 Å². The summed E-state index contributed by atoms with van der Waals surface area (Å²) in [6.45, 7) is 1.84. The lowest BCUT2D eigenvalue weighted by Crippen LogP contribution is -1.97. The lowest BCUT2D eigenvalue weighted by molar-refractivity contribution is -0.385. The molecule has 2 rings (SSSR count). The summed E-state index contributed by atoms with van der Waals surface area (Å²) >= 11 is 0. The average Bonchev–Trinajstić information content (AvgIpc) is 2.48. The number of hydrogen-bond donors (Lipinski definition) is 0. The maximum atomic E-state index is 11.1. The molecule has 0 aliphatic carbocycles. The first kappa shape index (κ1) is 14.5. The zero-order chi connectivity index (χ0) is 15.4. The molecule has 0 unspecified atom stereocenters. The molecule has 0 saturated heterocycles. The summed E-state index contributed by atoms with van der Waals surface area (Å²) in [5, 5.41) is 11.0. The van der Waals surface area contributed by atoms with Crippen molar-refractivity contribution in [1.29, 1.82) is 0 Å². The van der Waals surface area contributed by atoms with Gasteiger partial charge in [-0.3, -0.25) is 14.9 Å². The van der Waals surface area contributed by atoms with Crippen molar-refractivity contribution < 1.29 is 19.2 Å². The zero-order valence-corrected chi connectivity index (χ0v) is 11.5. The Bertz CT molecular complexity index is 696. The largest absolute Gasteiger partial charge is 0.497 e. The molecular formula is C15H13NO5. The van der Waals surface area contributed by atoms with Crippen molar-refractivity contribution in [3.63, 3.8) is 0 Å². The van der Waals surface area contributed by atoms with E-state index < -0.39 is 4.92 Å². The molecule has 0 heterocycles. The zero-order valence-electron chi connectivity index (χ0n) is 11.5. The van der Waals surface area contributed by atoms with Crippen LogP contribution in [0.5, 0.6) is 17.2 Å². The van der Waals surface area contributed by atoms with E-state index in [-0.39, 0.29) is 17.2 Å². The van der Waals surface area contributed by atoms with Gasteiger partial charge >= 0.3 is 5.69 Å². The lowest BCUT2D eigenvalue weighted by atomic mass is 10.1. The van der Waals surface area contributed by atoms with Crippen molar-refractivity contribution in [2.45, 2.75) is 6.92 Å². The number of nitrogens with zero attached hydrogens (tertiary/aromatic N) is 1. The number of nitro groups is 1. The van der Waals surface area contributed by atoms with Gasteiger partial charge in [-0.1, -0.05) is 11.6 Å². The van der Waals surface area contributed by atoms with E-state index in [1.165, 1.54) is 25.3 Å². The molecule has 0 spiro atoms. The van der Waals surface area contributed by atoms with E-state index in [1.807, 2.05) is 6.92 Å². The van der Waals surface area contributed by atoms with Crippen molar-refractivity contribution in [3.05, 3.63) is 57.6 Å². The fourth-order valence-electron chi connectivity index (χ4n) is 1.83. The monoisotopic (exact) mass is 287 g/mol. The smallest absolute Gasteiger partial charge is 0.311 e. The number of benzene rings is 2. The van der Waals surface area contributed by atoms with Gasteiger partial charge in [-0.2, -0.15) is 0 Å². The van der Waals surface area contributed by atoms with Gasteiger partial charge in [0.25, 0.3) is 0 Å². The molecule has 6 nitrogen and oxygen atoms in total. The molecular weight excluding hydrogens is 274 g/mol. The molecule has 0 fully saturated rings. The minimum Gasteiger partial charge on any atom is -0.497 e. The fourth-order valence-corrected chi connectivity index (χ4v) is 1.83. The number of hydrogen-bond acceptors (Lipinski definition) is 5. The fraction of sp³-hybridized carbons (Fsp3) is 0.133. The highest BCUT2D eigenvalue weighted by molar-refractivity contribution is 5.80. The summed E-state index contributed by atoms with van der Waals surface area (Å²) in [5.74, 6) is 0.702. The number of nitro benzene ring substituents is 1. The Morgan fingerprint density at radius 2 is 1.90 bits per heavy atom. The van der Waals surface area contributed by atoms with Crippen LogP contribution >= 0.6 is 0 Å². The number of aryl methyl sites for hydroxylation is 1. The molecule has 0 aliphatic heterocycles.